The first kappa shape index (κ1) is 8.89. The van der Waals surface area contributed by atoms with Crippen molar-refractivity contribution in [2.75, 3.05) is 6.61 Å². The van der Waals surface area contributed by atoms with Crippen LogP contribution in [0.4, 0.5) is 0 Å². The zero-order chi connectivity index (χ0) is 9.71. The fourth-order valence-electron chi connectivity index (χ4n) is 2.97. The molecule has 5 atom stereocenters. The summed E-state index contributed by atoms with van der Waals surface area (Å²) in [6, 6.07) is 0. The summed E-state index contributed by atoms with van der Waals surface area (Å²) >= 11 is 0. The van der Waals surface area contributed by atoms with Crippen LogP contribution < -0.4 is 0 Å². The van der Waals surface area contributed by atoms with Crippen molar-refractivity contribution in [3.05, 3.63) is 11.6 Å². The van der Waals surface area contributed by atoms with Crippen molar-refractivity contribution in [1.29, 1.82) is 0 Å². The fourth-order valence-corrected chi connectivity index (χ4v) is 2.97. The van der Waals surface area contributed by atoms with Gasteiger partial charge >= 0.3 is 0 Å². The molecule has 1 aliphatic carbocycles. The molecule has 2 heterocycles. The highest BCUT2D eigenvalue weighted by Crippen LogP contribution is 2.43. The Morgan fingerprint density at radius 2 is 2.29 bits per heavy atom. The highest BCUT2D eigenvalue weighted by molar-refractivity contribution is 5.10. The molecule has 78 valence electrons. The lowest BCUT2D eigenvalue weighted by Gasteiger charge is -2.41. The molecule has 0 amide bonds. The second-order valence-corrected chi connectivity index (χ2v) is 4.68. The van der Waals surface area contributed by atoms with E-state index in [1.165, 1.54) is 5.57 Å². The maximum Gasteiger partial charge on any atom is 0.184 e. The average Bonchev–Trinajstić information content (AvgIpc) is 2.61. The Morgan fingerprint density at radius 1 is 1.43 bits per heavy atom. The minimum atomic E-state index is -0.428. The molecule has 2 bridgehead atoms. The summed E-state index contributed by atoms with van der Waals surface area (Å²) in [7, 11) is 0. The van der Waals surface area contributed by atoms with E-state index in [1.54, 1.807) is 0 Å². The summed E-state index contributed by atoms with van der Waals surface area (Å²) < 4.78 is 11.0. The third kappa shape index (κ3) is 1.16. The van der Waals surface area contributed by atoms with Crippen molar-refractivity contribution in [3.63, 3.8) is 0 Å². The van der Waals surface area contributed by atoms with Gasteiger partial charge in [-0.1, -0.05) is 11.6 Å². The molecule has 2 fully saturated rings. The summed E-state index contributed by atoms with van der Waals surface area (Å²) in [5, 5.41) is 10.0. The lowest BCUT2D eigenvalue weighted by atomic mass is 9.73. The molecule has 0 unspecified atom stereocenters. The molecule has 0 aromatic carbocycles. The molecule has 3 rings (SSSR count). The van der Waals surface area contributed by atoms with Gasteiger partial charge in [-0.05, 0) is 31.6 Å². The number of rotatable bonds is 0. The van der Waals surface area contributed by atoms with Crippen LogP contribution in [-0.2, 0) is 9.47 Å². The molecule has 0 aromatic rings. The zero-order valence-corrected chi connectivity index (χ0v) is 8.35. The van der Waals surface area contributed by atoms with Crippen LogP contribution in [0.25, 0.3) is 0 Å². The van der Waals surface area contributed by atoms with Crippen LogP contribution >= 0.6 is 0 Å². The predicted molar refractivity (Wildman–Crippen MR) is 50.6 cm³/mol. The van der Waals surface area contributed by atoms with Crippen LogP contribution in [0.1, 0.15) is 19.8 Å². The summed E-state index contributed by atoms with van der Waals surface area (Å²) in [5.41, 5.74) is 1.40. The Hall–Kier alpha value is -0.380. The van der Waals surface area contributed by atoms with E-state index in [1.807, 2.05) is 0 Å². The lowest BCUT2D eigenvalue weighted by molar-refractivity contribution is -0.194. The van der Waals surface area contributed by atoms with E-state index in [-0.39, 0.29) is 12.4 Å². The lowest BCUT2D eigenvalue weighted by Crippen LogP contribution is -2.47. The third-order valence-corrected chi connectivity index (χ3v) is 3.77. The van der Waals surface area contributed by atoms with Gasteiger partial charge < -0.3 is 14.6 Å². The Labute approximate surface area is 83.7 Å². The molecule has 0 saturated carbocycles. The molecule has 3 aliphatic rings. The van der Waals surface area contributed by atoms with Gasteiger partial charge in [0.15, 0.2) is 6.29 Å². The highest BCUT2D eigenvalue weighted by atomic mass is 16.7. The van der Waals surface area contributed by atoms with E-state index < -0.39 is 6.10 Å². The minimum Gasteiger partial charge on any atom is -0.388 e. The van der Waals surface area contributed by atoms with Crippen LogP contribution in [0.2, 0.25) is 0 Å². The van der Waals surface area contributed by atoms with Crippen molar-refractivity contribution >= 4 is 0 Å². The van der Waals surface area contributed by atoms with E-state index in [9.17, 15) is 5.11 Å². The number of allylic oxidation sites excluding steroid dienone is 2. The van der Waals surface area contributed by atoms with Gasteiger partial charge in [0.2, 0.25) is 0 Å². The largest absolute Gasteiger partial charge is 0.388 e. The quantitative estimate of drug-likeness (QED) is 0.589. The first-order valence-corrected chi connectivity index (χ1v) is 5.36. The van der Waals surface area contributed by atoms with E-state index in [0.717, 1.165) is 12.8 Å². The topological polar surface area (TPSA) is 38.7 Å². The van der Waals surface area contributed by atoms with Crippen molar-refractivity contribution in [2.45, 2.75) is 38.3 Å². The number of aliphatic hydroxyl groups excluding tert-OH is 1. The van der Waals surface area contributed by atoms with E-state index in [4.69, 9.17) is 9.47 Å². The monoisotopic (exact) mass is 196 g/mol. The molecule has 14 heavy (non-hydrogen) atoms. The zero-order valence-electron chi connectivity index (χ0n) is 8.35. The van der Waals surface area contributed by atoms with Crippen LogP contribution in [0.3, 0.4) is 0 Å². The molecular weight excluding hydrogens is 180 g/mol. The van der Waals surface area contributed by atoms with Gasteiger partial charge in [-0.25, -0.2) is 0 Å². The predicted octanol–water partition coefficient (Wildman–Crippen LogP) is 1.07. The average molecular weight is 196 g/mol. The number of fused-ring (bicyclic) bond motifs is 4. The van der Waals surface area contributed by atoms with Crippen LogP contribution in [0.15, 0.2) is 11.6 Å². The molecule has 2 saturated heterocycles. The first-order chi connectivity index (χ1) is 6.75. The SMILES string of the molecule is CC1=CC[C@H]2[C@H](C1)[C@H](O)[C@H]1OC[C@@H]2O1. The van der Waals surface area contributed by atoms with E-state index in [2.05, 4.69) is 13.0 Å². The van der Waals surface area contributed by atoms with Crippen molar-refractivity contribution in [3.8, 4) is 0 Å². The highest BCUT2D eigenvalue weighted by Gasteiger charge is 2.49. The summed E-state index contributed by atoms with van der Waals surface area (Å²) in [5.74, 6) is 0.818. The van der Waals surface area contributed by atoms with E-state index in [0.29, 0.717) is 18.4 Å². The fraction of sp³-hybridized carbons (Fsp3) is 0.818. The Balaban J connectivity index is 1.89. The summed E-state index contributed by atoms with van der Waals surface area (Å²) in [4.78, 5) is 0. The number of hydrogen-bond donors (Lipinski definition) is 1. The van der Waals surface area contributed by atoms with Crippen LogP contribution in [0.5, 0.6) is 0 Å². The van der Waals surface area contributed by atoms with Gasteiger partial charge in [0.1, 0.15) is 6.10 Å². The maximum atomic E-state index is 10.0. The van der Waals surface area contributed by atoms with Crippen molar-refractivity contribution in [2.24, 2.45) is 11.8 Å². The van der Waals surface area contributed by atoms with Crippen LogP contribution in [-0.4, -0.2) is 30.2 Å². The molecule has 1 N–H and O–H groups in total. The molecular formula is C11H16O3. The Kier molecular flexibility index (Phi) is 1.94. The van der Waals surface area contributed by atoms with Gasteiger partial charge in [0.05, 0.1) is 12.7 Å². The smallest absolute Gasteiger partial charge is 0.184 e. The number of ether oxygens (including phenoxy) is 2. The van der Waals surface area contributed by atoms with Crippen molar-refractivity contribution in [1.82, 2.24) is 0 Å². The number of aliphatic hydroxyl groups is 1. The van der Waals surface area contributed by atoms with Gasteiger partial charge in [-0.15, -0.1) is 0 Å². The molecule has 0 radical (unpaired) electrons. The normalized spacial score (nSPS) is 51.3. The summed E-state index contributed by atoms with van der Waals surface area (Å²) in [6.07, 6.45) is 3.75. The Bertz CT molecular complexity index is 274. The second-order valence-electron chi connectivity index (χ2n) is 4.68. The van der Waals surface area contributed by atoms with Gasteiger partial charge in [-0.2, -0.15) is 0 Å². The Morgan fingerprint density at radius 3 is 3.14 bits per heavy atom. The standard InChI is InChI=1S/C11H16O3/c1-6-2-3-7-8(4-6)10(12)11-13-5-9(7)14-11/h2,7-12H,3-5H2,1H3/t7-,8-,9-,10-,11-/m0/s1. The first-order valence-electron chi connectivity index (χ1n) is 5.36. The van der Waals surface area contributed by atoms with Crippen molar-refractivity contribution < 1.29 is 14.6 Å². The van der Waals surface area contributed by atoms with Gasteiger partial charge in [0, 0.05) is 0 Å². The van der Waals surface area contributed by atoms with E-state index >= 15 is 0 Å². The van der Waals surface area contributed by atoms with Gasteiger partial charge in [-0.3, -0.25) is 0 Å². The molecule has 3 heteroatoms. The molecule has 2 aliphatic heterocycles. The number of hydrogen-bond acceptors (Lipinski definition) is 3. The molecule has 0 spiro atoms. The second kappa shape index (κ2) is 3.05. The third-order valence-electron chi connectivity index (χ3n) is 3.77. The van der Waals surface area contributed by atoms with Gasteiger partial charge in [0.25, 0.3) is 0 Å². The summed E-state index contributed by atoms with van der Waals surface area (Å²) in [6.45, 7) is 2.80. The maximum absolute atomic E-state index is 10.0. The van der Waals surface area contributed by atoms with Crippen LogP contribution in [0, 0.1) is 11.8 Å². The minimum absolute atomic E-state index is 0.220. The molecule has 3 nitrogen and oxygen atoms in total. The molecule has 0 aromatic heterocycles.